The third kappa shape index (κ3) is 3.69. The molecule has 0 saturated heterocycles. The topological polar surface area (TPSA) is 95.4 Å². The number of amides is 1. The molecule has 1 amide bonds. The molecule has 7 heteroatoms. The van der Waals surface area contributed by atoms with Crippen LogP contribution in [0, 0.1) is 6.92 Å². The van der Waals surface area contributed by atoms with Gasteiger partial charge >= 0.3 is 5.97 Å². The van der Waals surface area contributed by atoms with Crippen molar-refractivity contribution in [3.63, 3.8) is 0 Å². The minimum Gasteiger partial charge on any atom is -0.477 e. The van der Waals surface area contributed by atoms with Gasteiger partial charge in [0.15, 0.2) is 5.69 Å². The molecule has 2 N–H and O–H groups in total. The number of rotatable bonds is 5. The highest BCUT2D eigenvalue weighted by Crippen LogP contribution is 2.08. The van der Waals surface area contributed by atoms with E-state index < -0.39 is 5.97 Å². The lowest BCUT2D eigenvalue weighted by Crippen LogP contribution is -2.36. The number of nitrogens with zero attached hydrogens (tertiary/aromatic N) is 3. The number of hydrogen-bond acceptors (Lipinski definition) is 5. The molecular formula is C11H16N4O3. The second kappa shape index (κ2) is 5.95. The zero-order valence-corrected chi connectivity index (χ0v) is 10.6. The van der Waals surface area contributed by atoms with Crippen molar-refractivity contribution in [2.75, 3.05) is 25.0 Å². The summed E-state index contributed by atoms with van der Waals surface area (Å²) in [4.78, 5) is 31.8. The maximum atomic E-state index is 11.4. The number of carbonyl (C=O) groups is 2. The first kappa shape index (κ1) is 13.9. The van der Waals surface area contributed by atoms with Gasteiger partial charge in [-0.1, -0.05) is 0 Å². The van der Waals surface area contributed by atoms with Crippen molar-refractivity contribution < 1.29 is 14.7 Å². The monoisotopic (exact) mass is 252 g/mol. The van der Waals surface area contributed by atoms with Gasteiger partial charge in [-0.2, -0.15) is 0 Å². The van der Waals surface area contributed by atoms with Gasteiger partial charge < -0.3 is 15.3 Å². The average Bonchev–Trinajstić information content (AvgIpc) is 2.28. The molecule has 1 aromatic heterocycles. The third-order valence-corrected chi connectivity index (χ3v) is 2.16. The van der Waals surface area contributed by atoms with Crippen molar-refractivity contribution in [1.29, 1.82) is 0 Å². The van der Waals surface area contributed by atoms with Crippen LogP contribution in [0.15, 0.2) is 6.07 Å². The fourth-order valence-electron chi connectivity index (χ4n) is 1.37. The van der Waals surface area contributed by atoms with Crippen LogP contribution in [0.5, 0.6) is 0 Å². The smallest absolute Gasteiger partial charge is 0.354 e. The maximum absolute atomic E-state index is 11.4. The number of nitrogens with one attached hydrogen (secondary N) is 1. The Kier molecular flexibility index (Phi) is 4.59. The van der Waals surface area contributed by atoms with E-state index in [2.05, 4.69) is 15.3 Å². The van der Waals surface area contributed by atoms with Crippen LogP contribution < -0.4 is 10.2 Å². The standard InChI is InChI=1S/C11H16N4O3/c1-4-12-9(16)6-15(3)11-13-7(2)5-8(14-11)10(17)18/h5H,4,6H2,1-3H3,(H,12,16)(H,17,18). The molecule has 0 spiro atoms. The number of carboxylic acid groups (broad SMARTS) is 1. The van der Waals surface area contributed by atoms with Crippen LogP contribution in [0.25, 0.3) is 0 Å². The van der Waals surface area contributed by atoms with Crippen molar-refractivity contribution >= 4 is 17.8 Å². The van der Waals surface area contributed by atoms with Crippen LogP contribution in [0.4, 0.5) is 5.95 Å². The number of aromatic nitrogens is 2. The lowest BCUT2D eigenvalue weighted by atomic mass is 10.3. The summed E-state index contributed by atoms with van der Waals surface area (Å²) in [5, 5.41) is 11.5. The van der Waals surface area contributed by atoms with E-state index in [1.54, 1.807) is 14.0 Å². The first-order chi connectivity index (χ1) is 8.43. The van der Waals surface area contributed by atoms with Crippen LogP contribution in [0.3, 0.4) is 0 Å². The highest BCUT2D eigenvalue weighted by atomic mass is 16.4. The van der Waals surface area contributed by atoms with Crippen molar-refractivity contribution in [2.24, 2.45) is 0 Å². The van der Waals surface area contributed by atoms with Crippen molar-refractivity contribution in [3.05, 3.63) is 17.5 Å². The number of carbonyl (C=O) groups excluding carboxylic acids is 1. The summed E-state index contributed by atoms with van der Waals surface area (Å²) in [6.07, 6.45) is 0. The van der Waals surface area contributed by atoms with E-state index in [9.17, 15) is 9.59 Å². The van der Waals surface area contributed by atoms with Crippen molar-refractivity contribution in [1.82, 2.24) is 15.3 Å². The van der Waals surface area contributed by atoms with Crippen LogP contribution in [0.2, 0.25) is 0 Å². The Balaban J connectivity index is 2.88. The highest BCUT2D eigenvalue weighted by molar-refractivity contribution is 5.86. The normalized spacial score (nSPS) is 9.94. The Hall–Kier alpha value is -2.18. The molecule has 0 aliphatic heterocycles. The SMILES string of the molecule is CCNC(=O)CN(C)c1nc(C)cc(C(=O)O)n1. The number of hydrogen-bond donors (Lipinski definition) is 2. The molecule has 0 aliphatic rings. The number of likely N-dealkylation sites (N-methyl/N-ethyl adjacent to an activating group) is 2. The zero-order chi connectivity index (χ0) is 13.7. The summed E-state index contributed by atoms with van der Waals surface area (Å²) in [6, 6.07) is 1.38. The summed E-state index contributed by atoms with van der Waals surface area (Å²) >= 11 is 0. The van der Waals surface area contributed by atoms with Gasteiger partial charge in [0.05, 0.1) is 6.54 Å². The van der Waals surface area contributed by atoms with Crippen molar-refractivity contribution in [2.45, 2.75) is 13.8 Å². The molecule has 0 bridgehead atoms. The first-order valence-electron chi connectivity index (χ1n) is 5.50. The molecule has 0 fully saturated rings. The molecule has 0 aromatic carbocycles. The Labute approximate surface area is 105 Å². The molecule has 0 atom stereocenters. The number of carboxylic acids is 1. The van der Waals surface area contributed by atoms with Gasteiger partial charge in [0.2, 0.25) is 11.9 Å². The summed E-state index contributed by atoms with van der Waals surface area (Å²) in [5.41, 5.74) is 0.459. The molecule has 1 heterocycles. The summed E-state index contributed by atoms with van der Waals surface area (Å²) in [6.45, 7) is 4.12. The predicted molar refractivity (Wildman–Crippen MR) is 65.7 cm³/mol. The lowest BCUT2D eigenvalue weighted by molar-refractivity contribution is -0.119. The van der Waals surface area contributed by atoms with E-state index in [1.807, 2.05) is 6.92 Å². The largest absolute Gasteiger partial charge is 0.477 e. The van der Waals surface area contributed by atoms with Gasteiger partial charge in [0, 0.05) is 19.3 Å². The second-order valence-electron chi connectivity index (χ2n) is 3.81. The minimum absolute atomic E-state index is 0.0797. The third-order valence-electron chi connectivity index (χ3n) is 2.16. The molecule has 0 saturated carbocycles. The van der Waals surface area contributed by atoms with E-state index in [0.717, 1.165) is 0 Å². The van der Waals surface area contributed by atoms with E-state index in [1.165, 1.54) is 11.0 Å². The van der Waals surface area contributed by atoms with E-state index in [4.69, 9.17) is 5.11 Å². The number of anilines is 1. The fraction of sp³-hybridized carbons (Fsp3) is 0.455. The van der Waals surface area contributed by atoms with Crippen LogP contribution in [-0.2, 0) is 4.79 Å². The van der Waals surface area contributed by atoms with E-state index in [-0.39, 0.29) is 24.1 Å². The van der Waals surface area contributed by atoms with Gasteiger partial charge in [0.25, 0.3) is 0 Å². The van der Waals surface area contributed by atoms with E-state index in [0.29, 0.717) is 12.2 Å². The van der Waals surface area contributed by atoms with Gasteiger partial charge in [-0.15, -0.1) is 0 Å². The van der Waals surface area contributed by atoms with Crippen LogP contribution >= 0.6 is 0 Å². The molecule has 98 valence electrons. The van der Waals surface area contributed by atoms with Gasteiger partial charge in [-0.3, -0.25) is 4.79 Å². The van der Waals surface area contributed by atoms with E-state index >= 15 is 0 Å². The maximum Gasteiger partial charge on any atom is 0.354 e. The highest BCUT2D eigenvalue weighted by Gasteiger charge is 2.13. The second-order valence-corrected chi connectivity index (χ2v) is 3.81. The van der Waals surface area contributed by atoms with Crippen molar-refractivity contribution in [3.8, 4) is 0 Å². The summed E-state index contributed by atoms with van der Waals surface area (Å²) in [7, 11) is 1.63. The average molecular weight is 252 g/mol. The number of aryl methyl sites for hydroxylation is 1. The van der Waals surface area contributed by atoms with Crippen LogP contribution in [0.1, 0.15) is 23.1 Å². The molecule has 18 heavy (non-hydrogen) atoms. The molecule has 0 radical (unpaired) electrons. The molecule has 1 rings (SSSR count). The lowest BCUT2D eigenvalue weighted by Gasteiger charge is -2.16. The molecule has 0 aliphatic carbocycles. The van der Waals surface area contributed by atoms with Gasteiger partial charge in [-0.05, 0) is 19.9 Å². The Bertz CT molecular complexity index is 462. The predicted octanol–water partition coefficient (Wildman–Crippen LogP) is 0.0555. The molecule has 7 nitrogen and oxygen atoms in total. The van der Waals surface area contributed by atoms with Crippen LogP contribution in [-0.4, -0.2) is 47.1 Å². The fourth-order valence-corrected chi connectivity index (χ4v) is 1.37. The molecular weight excluding hydrogens is 236 g/mol. The Morgan fingerprint density at radius 2 is 2.11 bits per heavy atom. The molecule has 0 unspecified atom stereocenters. The number of aromatic carboxylic acids is 1. The summed E-state index contributed by atoms with van der Waals surface area (Å²) in [5.74, 6) is -1.06. The first-order valence-corrected chi connectivity index (χ1v) is 5.50. The zero-order valence-electron chi connectivity index (χ0n) is 10.6. The molecule has 1 aromatic rings. The summed E-state index contributed by atoms with van der Waals surface area (Å²) < 4.78 is 0. The minimum atomic E-state index is -1.12. The Morgan fingerprint density at radius 1 is 1.44 bits per heavy atom. The van der Waals surface area contributed by atoms with Gasteiger partial charge in [0.1, 0.15) is 0 Å². The van der Waals surface area contributed by atoms with Gasteiger partial charge in [-0.25, -0.2) is 14.8 Å². The quantitative estimate of drug-likeness (QED) is 0.769. The Morgan fingerprint density at radius 3 is 2.67 bits per heavy atom.